The van der Waals surface area contributed by atoms with E-state index < -0.39 is 0 Å². The van der Waals surface area contributed by atoms with E-state index >= 15 is 0 Å². The van der Waals surface area contributed by atoms with Crippen molar-refractivity contribution in [2.45, 2.75) is 13.2 Å². The van der Waals surface area contributed by atoms with Crippen LogP contribution >= 0.6 is 22.9 Å². The van der Waals surface area contributed by atoms with Crippen molar-refractivity contribution in [3.05, 3.63) is 51.2 Å². The van der Waals surface area contributed by atoms with Gasteiger partial charge >= 0.3 is 0 Å². The van der Waals surface area contributed by atoms with Crippen LogP contribution in [0.15, 0.2) is 35.7 Å². The molecular formula is C12H12ClNOS. The highest BCUT2D eigenvalue weighted by Gasteiger charge is 2.01. The SMILES string of the molecule is OCc1ccc(Cl)c(NCc2cccs2)c1. The Morgan fingerprint density at radius 2 is 2.19 bits per heavy atom. The van der Waals surface area contributed by atoms with Gasteiger partial charge in [0.25, 0.3) is 0 Å². The molecule has 2 aromatic rings. The van der Waals surface area contributed by atoms with E-state index in [2.05, 4.69) is 11.4 Å². The Kier molecular flexibility index (Phi) is 3.83. The van der Waals surface area contributed by atoms with Crippen molar-refractivity contribution >= 4 is 28.6 Å². The van der Waals surface area contributed by atoms with Crippen LogP contribution in [0.4, 0.5) is 5.69 Å². The number of rotatable bonds is 4. The van der Waals surface area contributed by atoms with Crippen LogP contribution in [0, 0.1) is 0 Å². The smallest absolute Gasteiger partial charge is 0.0682 e. The van der Waals surface area contributed by atoms with Gasteiger partial charge in [0.15, 0.2) is 0 Å². The van der Waals surface area contributed by atoms with E-state index in [0.29, 0.717) is 5.02 Å². The zero-order chi connectivity index (χ0) is 11.4. The number of hydrogen-bond acceptors (Lipinski definition) is 3. The first-order chi connectivity index (χ1) is 7.79. The number of thiophene rings is 1. The normalized spacial score (nSPS) is 10.4. The predicted octanol–water partition coefficient (Wildman–Crippen LogP) is 3.51. The minimum atomic E-state index is 0.0326. The molecule has 4 heteroatoms. The highest BCUT2D eigenvalue weighted by molar-refractivity contribution is 7.09. The highest BCUT2D eigenvalue weighted by atomic mass is 35.5. The molecule has 84 valence electrons. The summed E-state index contributed by atoms with van der Waals surface area (Å²) in [5.41, 5.74) is 1.72. The fourth-order valence-electron chi connectivity index (χ4n) is 1.40. The Hall–Kier alpha value is -1.03. The molecule has 0 fully saturated rings. The van der Waals surface area contributed by atoms with E-state index in [0.717, 1.165) is 17.8 Å². The number of nitrogens with one attached hydrogen (secondary N) is 1. The Balaban J connectivity index is 2.08. The quantitative estimate of drug-likeness (QED) is 0.874. The monoisotopic (exact) mass is 253 g/mol. The molecule has 1 aromatic heterocycles. The zero-order valence-electron chi connectivity index (χ0n) is 8.61. The summed E-state index contributed by atoms with van der Waals surface area (Å²) in [6, 6.07) is 9.58. The zero-order valence-corrected chi connectivity index (χ0v) is 10.2. The first-order valence-electron chi connectivity index (χ1n) is 4.95. The lowest BCUT2D eigenvalue weighted by Gasteiger charge is -2.08. The Bertz CT molecular complexity index is 456. The van der Waals surface area contributed by atoms with Crippen molar-refractivity contribution in [2.75, 3.05) is 5.32 Å². The molecule has 0 radical (unpaired) electrons. The summed E-state index contributed by atoms with van der Waals surface area (Å²) in [7, 11) is 0. The molecule has 0 spiro atoms. The summed E-state index contributed by atoms with van der Waals surface area (Å²) in [6.07, 6.45) is 0. The summed E-state index contributed by atoms with van der Waals surface area (Å²) < 4.78 is 0. The lowest BCUT2D eigenvalue weighted by molar-refractivity contribution is 0.282. The molecular weight excluding hydrogens is 242 g/mol. The Morgan fingerprint density at radius 1 is 1.31 bits per heavy atom. The second kappa shape index (κ2) is 5.34. The topological polar surface area (TPSA) is 32.3 Å². The number of hydrogen-bond donors (Lipinski definition) is 2. The van der Waals surface area contributed by atoms with E-state index in [9.17, 15) is 0 Å². The van der Waals surface area contributed by atoms with E-state index in [1.807, 2.05) is 23.6 Å². The molecule has 2 N–H and O–H groups in total. The summed E-state index contributed by atoms with van der Waals surface area (Å²) in [6.45, 7) is 0.789. The molecule has 0 saturated carbocycles. The van der Waals surface area contributed by atoms with Gasteiger partial charge in [-0.2, -0.15) is 0 Å². The molecule has 0 aliphatic rings. The number of halogens is 1. The third kappa shape index (κ3) is 2.76. The van der Waals surface area contributed by atoms with Crippen LogP contribution in [0.1, 0.15) is 10.4 Å². The maximum absolute atomic E-state index is 9.04. The van der Waals surface area contributed by atoms with E-state index in [1.165, 1.54) is 4.88 Å². The van der Waals surface area contributed by atoms with Crippen LogP contribution in [0.3, 0.4) is 0 Å². The average molecular weight is 254 g/mol. The van der Waals surface area contributed by atoms with Crippen LogP contribution in [0.5, 0.6) is 0 Å². The van der Waals surface area contributed by atoms with Crippen molar-refractivity contribution < 1.29 is 5.11 Å². The van der Waals surface area contributed by atoms with Gasteiger partial charge in [-0.1, -0.05) is 23.7 Å². The molecule has 0 amide bonds. The van der Waals surface area contributed by atoms with Crippen LogP contribution < -0.4 is 5.32 Å². The van der Waals surface area contributed by atoms with Crippen molar-refractivity contribution in [2.24, 2.45) is 0 Å². The average Bonchev–Trinajstić information content (AvgIpc) is 2.81. The second-order valence-electron chi connectivity index (χ2n) is 3.41. The van der Waals surface area contributed by atoms with Gasteiger partial charge in [-0.05, 0) is 29.1 Å². The summed E-state index contributed by atoms with van der Waals surface area (Å²) >= 11 is 7.76. The maximum atomic E-state index is 9.04. The van der Waals surface area contributed by atoms with Gasteiger partial charge in [-0.3, -0.25) is 0 Å². The van der Waals surface area contributed by atoms with Gasteiger partial charge in [0.05, 0.1) is 17.3 Å². The number of benzene rings is 1. The minimum absolute atomic E-state index is 0.0326. The predicted molar refractivity (Wildman–Crippen MR) is 69.0 cm³/mol. The highest BCUT2D eigenvalue weighted by Crippen LogP contribution is 2.24. The molecule has 2 nitrogen and oxygen atoms in total. The van der Waals surface area contributed by atoms with Crippen molar-refractivity contribution in [3.8, 4) is 0 Å². The first-order valence-corrected chi connectivity index (χ1v) is 6.21. The van der Waals surface area contributed by atoms with Gasteiger partial charge in [0.2, 0.25) is 0 Å². The maximum Gasteiger partial charge on any atom is 0.0682 e. The summed E-state index contributed by atoms with van der Waals surface area (Å²) in [5, 5.41) is 15.0. The van der Waals surface area contributed by atoms with Gasteiger partial charge in [-0.15, -0.1) is 11.3 Å². The minimum Gasteiger partial charge on any atom is -0.392 e. The van der Waals surface area contributed by atoms with Gasteiger partial charge < -0.3 is 10.4 Å². The molecule has 0 aliphatic heterocycles. The largest absolute Gasteiger partial charge is 0.392 e. The molecule has 2 rings (SSSR count). The number of anilines is 1. The lowest BCUT2D eigenvalue weighted by Crippen LogP contribution is -1.99. The molecule has 0 unspecified atom stereocenters. The fourth-order valence-corrected chi connectivity index (χ4v) is 2.23. The van der Waals surface area contributed by atoms with Crippen molar-refractivity contribution in [3.63, 3.8) is 0 Å². The Morgan fingerprint density at radius 3 is 2.88 bits per heavy atom. The van der Waals surface area contributed by atoms with Crippen LogP contribution in [0.2, 0.25) is 5.02 Å². The fraction of sp³-hybridized carbons (Fsp3) is 0.167. The molecule has 1 heterocycles. The number of aliphatic hydroxyl groups excluding tert-OH is 1. The molecule has 0 bridgehead atoms. The Labute approximate surface area is 104 Å². The summed E-state index contributed by atoms with van der Waals surface area (Å²) in [5.74, 6) is 0. The first kappa shape index (κ1) is 11.5. The summed E-state index contributed by atoms with van der Waals surface area (Å²) in [4.78, 5) is 1.26. The van der Waals surface area contributed by atoms with Crippen LogP contribution in [0.25, 0.3) is 0 Å². The molecule has 16 heavy (non-hydrogen) atoms. The third-order valence-corrected chi connectivity index (χ3v) is 3.45. The van der Waals surface area contributed by atoms with Gasteiger partial charge in [0.1, 0.15) is 0 Å². The van der Waals surface area contributed by atoms with Crippen LogP contribution in [-0.2, 0) is 13.2 Å². The van der Waals surface area contributed by atoms with Crippen molar-refractivity contribution in [1.29, 1.82) is 0 Å². The van der Waals surface area contributed by atoms with Gasteiger partial charge in [-0.25, -0.2) is 0 Å². The lowest BCUT2D eigenvalue weighted by atomic mass is 10.2. The van der Waals surface area contributed by atoms with Crippen LogP contribution in [-0.4, -0.2) is 5.11 Å². The van der Waals surface area contributed by atoms with Gasteiger partial charge in [0, 0.05) is 11.4 Å². The number of aliphatic hydroxyl groups is 1. The molecule has 0 aliphatic carbocycles. The molecule has 1 aromatic carbocycles. The standard InChI is InChI=1S/C12H12ClNOS/c13-11-4-3-9(8-15)6-12(11)14-7-10-2-1-5-16-10/h1-6,14-15H,7-8H2. The van der Waals surface area contributed by atoms with Crippen molar-refractivity contribution in [1.82, 2.24) is 0 Å². The second-order valence-corrected chi connectivity index (χ2v) is 4.84. The molecule has 0 saturated heterocycles. The molecule has 0 atom stereocenters. The third-order valence-electron chi connectivity index (χ3n) is 2.25. The van der Waals surface area contributed by atoms with E-state index in [-0.39, 0.29) is 6.61 Å². The van der Waals surface area contributed by atoms with E-state index in [1.54, 1.807) is 17.4 Å². The van der Waals surface area contributed by atoms with E-state index in [4.69, 9.17) is 16.7 Å².